The minimum Gasteiger partial charge on any atom is -0.347 e. The molecule has 1 saturated heterocycles. The highest BCUT2D eigenvalue weighted by molar-refractivity contribution is 6.04. The van der Waals surface area contributed by atoms with Gasteiger partial charge in [0, 0.05) is 17.0 Å². The van der Waals surface area contributed by atoms with Crippen LogP contribution < -0.4 is 10.6 Å². The first-order valence-corrected chi connectivity index (χ1v) is 13.3. The molecule has 1 fully saturated rings. The van der Waals surface area contributed by atoms with Gasteiger partial charge in [0.05, 0.1) is 17.8 Å². The monoisotopic (exact) mass is 517 g/mol. The highest BCUT2D eigenvalue weighted by Gasteiger charge is 2.27. The number of hydrogen-bond donors (Lipinski definition) is 2. The second-order valence-electron chi connectivity index (χ2n) is 12.1. The molecule has 8 nitrogen and oxygen atoms in total. The van der Waals surface area contributed by atoms with E-state index in [9.17, 15) is 9.59 Å². The van der Waals surface area contributed by atoms with E-state index in [0.29, 0.717) is 29.5 Å². The summed E-state index contributed by atoms with van der Waals surface area (Å²) in [5.41, 5.74) is 2.92. The van der Waals surface area contributed by atoms with E-state index >= 15 is 0 Å². The third-order valence-corrected chi connectivity index (χ3v) is 6.71. The Bertz CT molecular complexity index is 1260. The maximum atomic E-state index is 13.0. The van der Waals surface area contributed by atoms with Crippen molar-refractivity contribution in [1.82, 2.24) is 20.4 Å². The topological polar surface area (TPSA) is 100 Å². The van der Waals surface area contributed by atoms with E-state index in [1.807, 2.05) is 39.0 Å². The normalized spacial score (nSPS) is 15.3. The smallest absolute Gasteiger partial charge is 0.253 e. The van der Waals surface area contributed by atoms with Gasteiger partial charge in [-0.15, -0.1) is 0 Å². The van der Waals surface area contributed by atoms with Crippen LogP contribution in [0.25, 0.3) is 11.4 Å². The SMILES string of the molecule is CC(C)(C)NC(=O)c1ccccc1NC(=O)C1CCN(Cc2nc(-c3ccc(C(C)(C)C)cc3)no2)CC1. The van der Waals surface area contributed by atoms with Crippen LogP contribution in [0, 0.1) is 5.92 Å². The lowest BCUT2D eigenvalue weighted by atomic mass is 9.87. The Morgan fingerprint density at radius 3 is 2.26 bits per heavy atom. The van der Waals surface area contributed by atoms with Crippen LogP contribution in [0.1, 0.15) is 76.2 Å². The predicted molar refractivity (Wildman–Crippen MR) is 149 cm³/mol. The Balaban J connectivity index is 1.30. The van der Waals surface area contributed by atoms with Crippen molar-refractivity contribution in [3.8, 4) is 11.4 Å². The van der Waals surface area contributed by atoms with E-state index in [1.54, 1.807) is 18.2 Å². The fourth-order valence-electron chi connectivity index (χ4n) is 4.53. The molecule has 8 heteroatoms. The zero-order chi connectivity index (χ0) is 27.5. The van der Waals surface area contributed by atoms with E-state index in [0.717, 1.165) is 31.5 Å². The first kappa shape index (κ1) is 27.5. The molecule has 0 aliphatic carbocycles. The summed E-state index contributed by atoms with van der Waals surface area (Å²) in [6, 6.07) is 15.4. The van der Waals surface area contributed by atoms with Gasteiger partial charge < -0.3 is 15.2 Å². The lowest BCUT2D eigenvalue weighted by Gasteiger charge is -2.30. The molecule has 1 aliphatic heterocycles. The van der Waals surface area contributed by atoms with Crippen LogP contribution in [-0.4, -0.2) is 45.5 Å². The van der Waals surface area contributed by atoms with Crippen LogP contribution >= 0.6 is 0 Å². The molecule has 202 valence electrons. The van der Waals surface area contributed by atoms with Crippen LogP contribution in [0.4, 0.5) is 5.69 Å². The van der Waals surface area contributed by atoms with Gasteiger partial charge in [-0.3, -0.25) is 14.5 Å². The summed E-state index contributed by atoms with van der Waals surface area (Å²) in [4.78, 5) is 32.6. The maximum absolute atomic E-state index is 13.0. The Labute approximate surface area is 225 Å². The molecule has 1 aromatic heterocycles. The molecular weight excluding hydrogens is 478 g/mol. The van der Waals surface area contributed by atoms with Crippen molar-refractivity contribution in [3.63, 3.8) is 0 Å². The van der Waals surface area contributed by atoms with Gasteiger partial charge in [-0.1, -0.05) is 62.3 Å². The molecule has 0 saturated carbocycles. The van der Waals surface area contributed by atoms with Crippen LogP contribution in [0.3, 0.4) is 0 Å². The quantitative estimate of drug-likeness (QED) is 0.453. The first-order chi connectivity index (χ1) is 17.9. The molecule has 1 aliphatic rings. The molecule has 2 aromatic carbocycles. The van der Waals surface area contributed by atoms with E-state index < -0.39 is 0 Å². The number of piperidine rings is 1. The third-order valence-electron chi connectivity index (χ3n) is 6.71. The highest BCUT2D eigenvalue weighted by atomic mass is 16.5. The summed E-state index contributed by atoms with van der Waals surface area (Å²) >= 11 is 0. The largest absolute Gasteiger partial charge is 0.347 e. The number of carbonyl (C=O) groups is 2. The number of rotatable bonds is 6. The second kappa shape index (κ2) is 11.1. The molecule has 0 atom stereocenters. The number of likely N-dealkylation sites (tertiary alicyclic amines) is 1. The van der Waals surface area contributed by atoms with Crippen molar-refractivity contribution < 1.29 is 14.1 Å². The van der Waals surface area contributed by atoms with E-state index in [2.05, 4.69) is 58.6 Å². The molecule has 2 amide bonds. The number of anilines is 1. The zero-order valence-corrected chi connectivity index (χ0v) is 23.3. The van der Waals surface area contributed by atoms with Gasteiger partial charge in [0.15, 0.2) is 0 Å². The average molecular weight is 518 g/mol. The fourth-order valence-corrected chi connectivity index (χ4v) is 4.53. The van der Waals surface area contributed by atoms with Gasteiger partial charge in [-0.25, -0.2) is 0 Å². The zero-order valence-electron chi connectivity index (χ0n) is 23.3. The van der Waals surface area contributed by atoms with Crippen molar-refractivity contribution in [1.29, 1.82) is 0 Å². The predicted octanol–water partition coefficient (Wildman–Crippen LogP) is 5.41. The van der Waals surface area contributed by atoms with E-state index in [4.69, 9.17) is 4.52 Å². The minimum absolute atomic E-state index is 0.0561. The number of nitrogens with zero attached hydrogens (tertiary/aromatic N) is 3. The number of aromatic nitrogens is 2. The van der Waals surface area contributed by atoms with Gasteiger partial charge in [-0.05, 0) is 69.8 Å². The number of carbonyl (C=O) groups excluding carboxylic acids is 2. The number of hydrogen-bond acceptors (Lipinski definition) is 6. The number of amides is 2. The summed E-state index contributed by atoms with van der Waals surface area (Å²) < 4.78 is 5.52. The van der Waals surface area contributed by atoms with Crippen molar-refractivity contribution >= 4 is 17.5 Å². The Kier molecular flexibility index (Phi) is 8.02. The molecule has 38 heavy (non-hydrogen) atoms. The maximum Gasteiger partial charge on any atom is 0.253 e. The molecule has 0 spiro atoms. The molecule has 0 radical (unpaired) electrons. The standard InChI is InChI=1S/C30H39N5O3/c1-29(2,3)22-13-11-20(12-14-22)26-32-25(38-34-26)19-35-17-15-21(16-18-35)27(36)31-24-10-8-7-9-23(24)28(37)33-30(4,5)6/h7-14,21H,15-19H2,1-6H3,(H,31,36)(H,33,37). The number of benzene rings is 2. The van der Waals surface area contributed by atoms with Crippen molar-refractivity contribution in [2.75, 3.05) is 18.4 Å². The van der Waals surface area contributed by atoms with Gasteiger partial charge in [0.1, 0.15) is 0 Å². The van der Waals surface area contributed by atoms with Crippen molar-refractivity contribution in [3.05, 3.63) is 65.5 Å². The Morgan fingerprint density at radius 1 is 0.974 bits per heavy atom. The van der Waals surface area contributed by atoms with Crippen molar-refractivity contribution in [2.45, 2.75) is 71.9 Å². The molecule has 0 unspecified atom stereocenters. The molecule has 2 heterocycles. The first-order valence-electron chi connectivity index (χ1n) is 13.3. The molecule has 3 aromatic rings. The van der Waals surface area contributed by atoms with Gasteiger partial charge in [0.2, 0.25) is 17.6 Å². The average Bonchev–Trinajstić information content (AvgIpc) is 3.32. The summed E-state index contributed by atoms with van der Waals surface area (Å²) in [7, 11) is 0. The van der Waals surface area contributed by atoms with E-state index in [-0.39, 0.29) is 28.7 Å². The summed E-state index contributed by atoms with van der Waals surface area (Å²) in [6.45, 7) is 14.4. The summed E-state index contributed by atoms with van der Waals surface area (Å²) in [6.07, 6.45) is 1.44. The van der Waals surface area contributed by atoms with Gasteiger partial charge in [0.25, 0.3) is 5.91 Å². The highest BCUT2D eigenvalue weighted by Crippen LogP contribution is 2.26. The molecule has 0 bridgehead atoms. The number of nitrogens with one attached hydrogen (secondary N) is 2. The third kappa shape index (κ3) is 7.07. The van der Waals surface area contributed by atoms with E-state index in [1.165, 1.54) is 5.56 Å². The fraction of sp³-hybridized carbons (Fsp3) is 0.467. The Morgan fingerprint density at radius 2 is 1.63 bits per heavy atom. The summed E-state index contributed by atoms with van der Waals surface area (Å²) in [5.74, 6) is 0.779. The molecule has 2 N–H and O–H groups in total. The lowest BCUT2D eigenvalue weighted by Crippen LogP contribution is -2.41. The Hall–Kier alpha value is -3.52. The number of para-hydroxylation sites is 1. The van der Waals surface area contributed by atoms with Crippen LogP contribution in [0.15, 0.2) is 53.1 Å². The van der Waals surface area contributed by atoms with Crippen LogP contribution in [0.2, 0.25) is 0 Å². The second-order valence-corrected chi connectivity index (χ2v) is 12.1. The van der Waals surface area contributed by atoms with Crippen molar-refractivity contribution in [2.24, 2.45) is 5.92 Å². The van der Waals surface area contributed by atoms with Crippen LogP contribution in [-0.2, 0) is 16.8 Å². The van der Waals surface area contributed by atoms with Crippen LogP contribution in [0.5, 0.6) is 0 Å². The van der Waals surface area contributed by atoms with Gasteiger partial charge >= 0.3 is 0 Å². The lowest BCUT2D eigenvalue weighted by molar-refractivity contribution is -0.121. The molecular formula is C30H39N5O3. The molecule has 4 rings (SSSR count). The minimum atomic E-state index is -0.364. The van der Waals surface area contributed by atoms with Gasteiger partial charge in [-0.2, -0.15) is 4.98 Å². The summed E-state index contributed by atoms with van der Waals surface area (Å²) in [5, 5.41) is 10.1.